The van der Waals surface area contributed by atoms with Crippen molar-refractivity contribution in [3.05, 3.63) is 65.5 Å². The molecule has 4 aromatic heterocycles. The normalized spacial score (nSPS) is 10.7. The highest BCUT2D eigenvalue weighted by atomic mass is 32.1. The van der Waals surface area contributed by atoms with Crippen LogP contribution in [0.2, 0.25) is 0 Å². The first-order valence-electron chi connectivity index (χ1n) is 8.18. The van der Waals surface area contributed by atoms with Gasteiger partial charge in [-0.15, -0.1) is 11.3 Å². The van der Waals surface area contributed by atoms with Crippen molar-refractivity contribution < 1.29 is 9.21 Å². The standard InChI is InChI=1S/C19H15N5O2S/c1-11-5-3-8-21-15(11)14-9-27-19(23-14)24-18(25)17-16(22-10-26-17)13-6-4-7-20-12(13)2/h3-10H,1-2H3,(H,23,24,25). The van der Waals surface area contributed by atoms with E-state index in [2.05, 4.69) is 25.3 Å². The first kappa shape index (κ1) is 17.0. The van der Waals surface area contributed by atoms with Crippen molar-refractivity contribution in [1.29, 1.82) is 0 Å². The van der Waals surface area contributed by atoms with Gasteiger partial charge in [-0.25, -0.2) is 9.97 Å². The van der Waals surface area contributed by atoms with Crippen molar-refractivity contribution in [3.63, 3.8) is 0 Å². The molecule has 0 fully saturated rings. The van der Waals surface area contributed by atoms with E-state index < -0.39 is 5.91 Å². The third-order valence-corrected chi connectivity index (χ3v) is 4.77. The number of amides is 1. The van der Waals surface area contributed by atoms with Gasteiger partial charge in [0.2, 0.25) is 5.76 Å². The van der Waals surface area contributed by atoms with E-state index >= 15 is 0 Å². The summed E-state index contributed by atoms with van der Waals surface area (Å²) < 4.78 is 5.33. The van der Waals surface area contributed by atoms with Crippen molar-refractivity contribution >= 4 is 22.4 Å². The molecule has 1 N–H and O–H groups in total. The summed E-state index contributed by atoms with van der Waals surface area (Å²) in [6.07, 6.45) is 4.66. The van der Waals surface area contributed by atoms with Crippen LogP contribution in [0.25, 0.3) is 22.6 Å². The number of hydrogen-bond donors (Lipinski definition) is 1. The van der Waals surface area contributed by atoms with Crippen LogP contribution in [-0.4, -0.2) is 25.8 Å². The molecule has 0 aromatic carbocycles. The Morgan fingerprint density at radius 1 is 1.07 bits per heavy atom. The smallest absolute Gasteiger partial charge is 0.295 e. The molecular formula is C19H15N5O2S. The van der Waals surface area contributed by atoms with Crippen LogP contribution in [0, 0.1) is 13.8 Å². The van der Waals surface area contributed by atoms with Crippen LogP contribution >= 0.6 is 11.3 Å². The summed E-state index contributed by atoms with van der Waals surface area (Å²) in [5.41, 5.74) is 4.50. The third-order valence-electron chi connectivity index (χ3n) is 4.01. The SMILES string of the molecule is Cc1cccnc1-c1csc(NC(=O)c2ocnc2-c2cccnc2C)n1. The van der Waals surface area contributed by atoms with Crippen molar-refractivity contribution in [2.45, 2.75) is 13.8 Å². The zero-order valence-corrected chi connectivity index (χ0v) is 15.4. The molecule has 134 valence electrons. The Balaban J connectivity index is 1.59. The predicted molar refractivity (Wildman–Crippen MR) is 103 cm³/mol. The number of anilines is 1. The van der Waals surface area contributed by atoms with Gasteiger partial charge in [0.25, 0.3) is 5.91 Å². The number of nitrogens with zero attached hydrogens (tertiary/aromatic N) is 4. The number of aryl methyl sites for hydroxylation is 2. The minimum Gasteiger partial charge on any atom is -0.438 e. The van der Waals surface area contributed by atoms with Gasteiger partial charge in [-0.3, -0.25) is 20.1 Å². The Bertz CT molecular complexity index is 1120. The maximum absolute atomic E-state index is 12.7. The summed E-state index contributed by atoms with van der Waals surface area (Å²) in [4.78, 5) is 29.9. The molecule has 8 heteroatoms. The van der Waals surface area contributed by atoms with Gasteiger partial charge in [0.15, 0.2) is 11.5 Å². The highest BCUT2D eigenvalue weighted by Crippen LogP contribution is 2.28. The Hall–Kier alpha value is -3.39. The van der Waals surface area contributed by atoms with Crippen LogP contribution < -0.4 is 5.32 Å². The molecule has 0 aliphatic carbocycles. The maximum Gasteiger partial charge on any atom is 0.295 e. The number of hydrogen-bond acceptors (Lipinski definition) is 7. The molecule has 27 heavy (non-hydrogen) atoms. The Kier molecular flexibility index (Phi) is 4.47. The summed E-state index contributed by atoms with van der Waals surface area (Å²) in [5.74, 6) is -0.290. The van der Waals surface area contributed by atoms with Gasteiger partial charge in [0, 0.05) is 29.0 Å². The van der Waals surface area contributed by atoms with E-state index in [9.17, 15) is 4.79 Å². The molecule has 0 aliphatic heterocycles. The number of pyridine rings is 2. The van der Waals surface area contributed by atoms with Crippen LogP contribution in [0.15, 0.2) is 52.9 Å². The third kappa shape index (κ3) is 3.34. The van der Waals surface area contributed by atoms with E-state index in [1.54, 1.807) is 18.5 Å². The fourth-order valence-corrected chi connectivity index (χ4v) is 3.37. The van der Waals surface area contributed by atoms with Crippen molar-refractivity contribution in [3.8, 4) is 22.6 Å². The van der Waals surface area contributed by atoms with E-state index in [1.807, 2.05) is 37.4 Å². The van der Waals surface area contributed by atoms with E-state index in [4.69, 9.17) is 4.42 Å². The van der Waals surface area contributed by atoms with E-state index in [0.717, 1.165) is 22.5 Å². The molecule has 0 radical (unpaired) electrons. The first-order valence-corrected chi connectivity index (χ1v) is 9.06. The lowest BCUT2D eigenvalue weighted by Crippen LogP contribution is -2.12. The van der Waals surface area contributed by atoms with E-state index in [-0.39, 0.29) is 5.76 Å². The number of nitrogens with one attached hydrogen (secondary N) is 1. The number of thiazole rings is 1. The highest BCUT2D eigenvalue weighted by molar-refractivity contribution is 7.14. The van der Waals surface area contributed by atoms with Crippen LogP contribution in [-0.2, 0) is 0 Å². The van der Waals surface area contributed by atoms with Gasteiger partial charge in [-0.1, -0.05) is 6.07 Å². The monoisotopic (exact) mass is 377 g/mol. The zero-order valence-electron chi connectivity index (χ0n) is 14.6. The second-order valence-electron chi connectivity index (χ2n) is 5.83. The molecule has 0 unspecified atom stereocenters. The van der Waals surface area contributed by atoms with Gasteiger partial charge in [0.05, 0.1) is 5.69 Å². The van der Waals surface area contributed by atoms with Crippen molar-refractivity contribution in [2.75, 3.05) is 5.32 Å². The van der Waals surface area contributed by atoms with Gasteiger partial charge >= 0.3 is 0 Å². The summed E-state index contributed by atoms with van der Waals surface area (Å²) in [7, 11) is 0. The Morgan fingerprint density at radius 2 is 1.89 bits per heavy atom. The average molecular weight is 377 g/mol. The summed E-state index contributed by atoms with van der Waals surface area (Å²) in [6.45, 7) is 3.82. The zero-order chi connectivity index (χ0) is 18.8. The molecule has 0 bridgehead atoms. The molecule has 4 heterocycles. The van der Waals surface area contributed by atoms with Crippen molar-refractivity contribution in [1.82, 2.24) is 19.9 Å². The quantitative estimate of drug-likeness (QED) is 0.575. The molecule has 4 aromatic rings. The number of rotatable bonds is 4. The number of carbonyl (C=O) groups is 1. The molecule has 0 spiro atoms. The molecule has 7 nitrogen and oxygen atoms in total. The molecule has 4 rings (SSSR count). The molecule has 0 saturated carbocycles. The Morgan fingerprint density at radius 3 is 2.70 bits per heavy atom. The largest absolute Gasteiger partial charge is 0.438 e. The summed E-state index contributed by atoms with van der Waals surface area (Å²) in [6, 6.07) is 7.49. The number of aromatic nitrogens is 4. The lowest BCUT2D eigenvalue weighted by atomic mass is 10.1. The van der Waals surface area contributed by atoms with Crippen molar-refractivity contribution in [2.24, 2.45) is 0 Å². The Labute approximate surface area is 159 Å². The minimum atomic E-state index is -0.413. The topological polar surface area (TPSA) is 93.8 Å². The van der Waals surface area contributed by atoms with Gasteiger partial charge in [-0.2, -0.15) is 0 Å². The molecule has 0 atom stereocenters. The van der Waals surface area contributed by atoms with Gasteiger partial charge in [0.1, 0.15) is 11.4 Å². The first-order chi connectivity index (χ1) is 13.1. The lowest BCUT2D eigenvalue weighted by Gasteiger charge is -2.04. The van der Waals surface area contributed by atoms with E-state index in [1.165, 1.54) is 17.7 Å². The summed E-state index contributed by atoms with van der Waals surface area (Å²) >= 11 is 1.33. The molecule has 0 saturated heterocycles. The van der Waals surface area contributed by atoms with Crippen LogP contribution in [0.3, 0.4) is 0 Å². The fourth-order valence-electron chi connectivity index (χ4n) is 2.68. The summed E-state index contributed by atoms with van der Waals surface area (Å²) in [5, 5.41) is 5.09. The predicted octanol–water partition coefficient (Wildman–Crippen LogP) is 4.12. The number of carbonyl (C=O) groups excluding carboxylic acids is 1. The van der Waals surface area contributed by atoms with Crippen LogP contribution in [0.1, 0.15) is 21.8 Å². The van der Waals surface area contributed by atoms with Crippen LogP contribution in [0.5, 0.6) is 0 Å². The fraction of sp³-hybridized carbons (Fsp3) is 0.105. The maximum atomic E-state index is 12.7. The number of oxazole rings is 1. The molecule has 1 amide bonds. The van der Waals surface area contributed by atoms with E-state index in [0.29, 0.717) is 16.5 Å². The van der Waals surface area contributed by atoms with Gasteiger partial charge < -0.3 is 4.42 Å². The molecular weight excluding hydrogens is 362 g/mol. The second-order valence-corrected chi connectivity index (χ2v) is 6.69. The second kappa shape index (κ2) is 7.08. The average Bonchev–Trinajstić information content (AvgIpc) is 3.32. The minimum absolute atomic E-state index is 0.122. The highest BCUT2D eigenvalue weighted by Gasteiger charge is 2.21. The molecule has 0 aliphatic rings. The lowest BCUT2D eigenvalue weighted by molar-refractivity contribution is 0.0997. The van der Waals surface area contributed by atoms with Crippen LogP contribution in [0.4, 0.5) is 5.13 Å². The van der Waals surface area contributed by atoms with Gasteiger partial charge in [-0.05, 0) is 37.6 Å².